The number of carbonyl (C=O) groups is 3. The summed E-state index contributed by atoms with van der Waals surface area (Å²) in [4.78, 5) is 42.5. The number of aliphatic hydroxyl groups is 6. The Balaban J connectivity index is 1.17. The van der Waals surface area contributed by atoms with Gasteiger partial charge in [0.25, 0.3) is 0 Å². The molecule has 15 heteroatoms. The molecule has 3 heterocycles. The van der Waals surface area contributed by atoms with Crippen LogP contribution in [0.2, 0.25) is 0 Å². The number of hydrogen-bond donors (Lipinski definition) is 7. The van der Waals surface area contributed by atoms with Crippen LogP contribution in [0.5, 0.6) is 5.75 Å². The van der Waals surface area contributed by atoms with E-state index >= 15 is 0 Å². The molecule has 0 spiro atoms. The number of phenolic OH excluding ortho intramolecular Hbond substituents is 1. The van der Waals surface area contributed by atoms with E-state index in [0.29, 0.717) is 0 Å². The van der Waals surface area contributed by atoms with E-state index in [0.717, 1.165) is 0 Å². The fourth-order valence-corrected chi connectivity index (χ4v) is 8.76. The van der Waals surface area contributed by atoms with Gasteiger partial charge in [-0.15, -0.1) is 0 Å². The average Bonchev–Trinajstić information content (AvgIpc) is 3.06. The largest absolute Gasteiger partial charge is 0.507 e. The monoisotopic (exact) mass is 730 g/mol. The summed E-state index contributed by atoms with van der Waals surface area (Å²) in [6.45, 7) is 6.56. The lowest BCUT2D eigenvalue weighted by molar-refractivity contribution is -0.329. The van der Waals surface area contributed by atoms with E-state index in [1.807, 2.05) is 0 Å². The second-order valence-corrected chi connectivity index (χ2v) is 15.2. The van der Waals surface area contributed by atoms with E-state index in [1.165, 1.54) is 24.3 Å². The van der Waals surface area contributed by atoms with Crippen molar-refractivity contribution in [3.05, 3.63) is 52.1 Å². The van der Waals surface area contributed by atoms with Gasteiger partial charge < -0.3 is 59.4 Å². The molecule has 3 saturated heterocycles. The van der Waals surface area contributed by atoms with Crippen LogP contribution in [-0.2, 0) is 28.5 Å². The smallest absolute Gasteiger partial charge is 0.198 e. The molecule has 7 rings (SSSR count). The summed E-state index contributed by atoms with van der Waals surface area (Å²) in [6, 6.07) is 2.68. The molecule has 0 radical (unpaired) electrons. The van der Waals surface area contributed by atoms with Gasteiger partial charge in [-0.1, -0.05) is 19.1 Å². The van der Waals surface area contributed by atoms with Gasteiger partial charge in [0.2, 0.25) is 0 Å². The summed E-state index contributed by atoms with van der Waals surface area (Å²) < 4.78 is 30.0. The number of fused-ring (bicyclic) bond motifs is 3. The maximum atomic E-state index is 14.3. The maximum absolute atomic E-state index is 14.3. The Kier molecular flexibility index (Phi) is 9.65. The fraction of sp³-hybridized carbons (Fsp3) is 0.649. The first-order valence-electron chi connectivity index (χ1n) is 17.8. The molecule has 52 heavy (non-hydrogen) atoms. The first kappa shape index (κ1) is 37.4. The van der Waals surface area contributed by atoms with E-state index in [-0.39, 0.29) is 60.3 Å². The van der Waals surface area contributed by atoms with Crippen molar-refractivity contribution in [1.82, 2.24) is 0 Å². The van der Waals surface area contributed by atoms with Crippen LogP contribution in [0.1, 0.15) is 92.2 Å². The molecule has 4 fully saturated rings. The molecule has 1 saturated carbocycles. The van der Waals surface area contributed by atoms with Crippen molar-refractivity contribution in [3.8, 4) is 5.75 Å². The summed E-state index contributed by atoms with van der Waals surface area (Å²) in [5, 5.41) is 75.8. The lowest BCUT2D eigenvalue weighted by Gasteiger charge is -2.54. The number of allylic oxidation sites excluding steroid dienone is 2. The third-order valence-electron chi connectivity index (χ3n) is 11.5. The average molecular weight is 731 g/mol. The van der Waals surface area contributed by atoms with Gasteiger partial charge in [-0.25, -0.2) is 0 Å². The third-order valence-corrected chi connectivity index (χ3v) is 11.5. The van der Waals surface area contributed by atoms with Crippen molar-refractivity contribution in [2.24, 2.45) is 5.92 Å². The molecule has 0 amide bonds. The molecule has 15 atom stereocenters. The Morgan fingerprint density at radius 2 is 1.42 bits per heavy atom. The molecule has 0 aromatic heterocycles. The summed E-state index contributed by atoms with van der Waals surface area (Å²) >= 11 is 0. The number of phenols is 1. The molecule has 3 aliphatic heterocycles. The van der Waals surface area contributed by atoms with E-state index in [9.17, 15) is 50.1 Å². The number of ether oxygens (including phenoxy) is 5. The molecule has 284 valence electrons. The lowest BCUT2D eigenvalue weighted by atomic mass is 9.58. The van der Waals surface area contributed by atoms with Crippen LogP contribution in [0, 0.1) is 5.92 Å². The van der Waals surface area contributed by atoms with Crippen molar-refractivity contribution in [2.75, 3.05) is 0 Å². The number of aliphatic hydroxyl groups excluding tert-OH is 5. The first-order valence-corrected chi connectivity index (χ1v) is 17.8. The molecule has 3 unspecified atom stereocenters. The summed E-state index contributed by atoms with van der Waals surface area (Å²) in [6.07, 6.45) is -9.67. The van der Waals surface area contributed by atoms with E-state index in [1.54, 1.807) is 27.7 Å². The minimum atomic E-state index is -2.64. The number of carbonyl (C=O) groups excluding carboxylic acids is 3. The van der Waals surface area contributed by atoms with E-state index in [2.05, 4.69) is 0 Å². The highest BCUT2D eigenvalue weighted by molar-refractivity contribution is 6.31. The van der Waals surface area contributed by atoms with Crippen LogP contribution in [-0.4, -0.2) is 132 Å². The zero-order valence-electron chi connectivity index (χ0n) is 29.2. The molecule has 7 N–H and O–H groups in total. The molecule has 1 aromatic carbocycles. The predicted molar refractivity (Wildman–Crippen MR) is 176 cm³/mol. The number of hydrogen-bond acceptors (Lipinski definition) is 15. The van der Waals surface area contributed by atoms with Crippen molar-refractivity contribution in [3.63, 3.8) is 0 Å². The minimum Gasteiger partial charge on any atom is -0.507 e. The number of benzene rings is 1. The molecular weight excluding hydrogens is 684 g/mol. The highest BCUT2D eigenvalue weighted by Gasteiger charge is 2.66. The van der Waals surface area contributed by atoms with E-state index < -0.39 is 113 Å². The summed E-state index contributed by atoms with van der Waals surface area (Å²) in [7, 11) is 0. The first-order chi connectivity index (χ1) is 24.5. The van der Waals surface area contributed by atoms with Gasteiger partial charge in [-0.2, -0.15) is 0 Å². The minimum absolute atomic E-state index is 0.0322. The molecule has 15 nitrogen and oxygen atoms in total. The summed E-state index contributed by atoms with van der Waals surface area (Å²) in [5.74, 6) is -3.29. The normalized spacial score (nSPS) is 45.0. The third kappa shape index (κ3) is 5.82. The Bertz CT molecular complexity index is 1670. The topological polar surface area (TPSA) is 239 Å². The second-order valence-electron chi connectivity index (χ2n) is 15.2. The summed E-state index contributed by atoms with van der Waals surface area (Å²) in [5.41, 5.74) is -5.75. The number of ketones is 3. The predicted octanol–water partition coefficient (Wildman–Crippen LogP) is 0.433. The van der Waals surface area contributed by atoms with Crippen molar-refractivity contribution >= 4 is 17.3 Å². The van der Waals surface area contributed by atoms with Gasteiger partial charge in [0.1, 0.15) is 29.7 Å². The van der Waals surface area contributed by atoms with Gasteiger partial charge in [-0.05, 0) is 45.3 Å². The quantitative estimate of drug-likeness (QED) is 0.218. The van der Waals surface area contributed by atoms with Crippen LogP contribution in [0.25, 0.3) is 0 Å². The van der Waals surface area contributed by atoms with E-state index in [4.69, 9.17) is 23.7 Å². The van der Waals surface area contributed by atoms with Crippen LogP contribution in [0.3, 0.4) is 0 Å². The maximum Gasteiger partial charge on any atom is 0.198 e. The molecule has 0 bridgehead atoms. The zero-order valence-corrected chi connectivity index (χ0v) is 29.2. The highest BCUT2D eigenvalue weighted by atomic mass is 16.7. The SMILES string of the molecule is CC1CC(=O)C2(O)C3=C(C=CC2(O[C@@H]2C[C@@H](O)[C@@H](O[C@@H]4C[C@@H](O)[C@@H](O)[C@@H](C)O4)[C@@H](C)O2)C1)C(=O)c1c(ccc([C@H]2C[C@@H](O)[C@H](O)[C@@H](C)O2)c1O)C3=O. The van der Waals surface area contributed by atoms with Gasteiger partial charge in [0.15, 0.2) is 35.5 Å². The molecular formula is C37H46O15. The van der Waals surface area contributed by atoms with Gasteiger partial charge in [0, 0.05) is 42.4 Å². The number of Topliss-reactive ketones (excluding diaryl/α,β-unsaturated/α-hetero) is 3. The van der Waals surface area contributed by atoms with Gasteiger partial charge in [-0.3, -0.25) is 14.4 Å². The van der Waals surface area contributed by atoms with Crippen LogP contribution < -0.4 is 0 Å². The van der Waals surface area contributed by atoms with Crippen molar-refractivity contribution in [2.45, 2.75) is 145 Å². The van der Waals surface area contributed by atoms with Crippen molar-refractivity contribution in [1.29, 1.82) is 0 Å². The Labute approximate surface area is 299 Å². The van der Waals surface area contributed by atoms with Crippen LogP contribution in [0.15, 0.2) is 35.4 Å². The van der Waals surface area contributed by atoms with Crippen LogP contribution >= 0.6 is 0 Å². The highest BCUT2D eigenvalue weighted by Crippen LogP contribution is 2.53. The second kappa shape index (κ2) is 13.4. The Morgan fingerprint density at radius 1 is 0.788 bits per heavy atom. The number of aromatic hydroxyl groups is 1. The standard InChI is InChI=1S/C37H46O15/c1-14-9-25(41)37(47)29-20(33(45)28-19(34(29)46)6-5-18(32(28)44)24-10-21(38)30(42)15(2)48-24)7-8-36(37,13-14)52-27-12-23(40)35(17(4)50-27)51-26-11-22(39)31(43)16(3)49-26/h5-8,14-17,21-24,26-27,30-31,35,38-40,42-44,47H,9-13H2,1-4H3/t14?,15-,16-,17-,21-,22-,23-,24-,26-,27-,30-,31+,35+,36?,37?/m1/s1. The van der Waals surface area contributed by atoms with Gasteiger partial charge in [0.05, 0.1) is 53.9 Å². The van der Waals surface area contributed by atoms with Gasteiger partial charge >= 0.3 is 0 Å². The Hall–Kier alpha value is -2.93. The Morgan fingerprint density at radius 3 is 2.08 bits per heavy atom. The zero-order chi connectivity index (χ0) is 37.6. The molecule has 3 aliphatic carbocycles. The van der Waals surface area contributed by atoms with Crippen LogP contribution in [0.4, 0.5) is 0 Å². The molecule has 6 aliphatic rings. The number of rotatable bonds is 5. The molecule has 1 aromatic rings. The lowest BCUT2D eigenvalue weighted by Crippen LogP contribution is -2.68. The van der Waals surface area contributed by atoms with Crippen molar-refractivity contribution < 1.29 is 73.8 Å². The fourth-order valence-electron chi connectivity index (χ4n) is 8.76.